The molecule has 1 aliphatic carbocycles. The number of anilines is 1. The molecule has 1 fully saturated rings. The van der Waals surface area contributed by atoms with Gasteiger partial charge in [-0.05, 0) is 55.9 Å². The molecule has 2 aromatic rings. The largest absolute Gasteiger partial charge is 0.490 e. The Hall–Kier alpha value is -2.96. The Morgan fingerprint density at radius 3 is 2.74 bits per heavy atom. The summed E-state index contributed by atoms with van der Waals surface area (Å²) in [6.07, 6.45) is 5.39. The number of nitrogens with zero attached hydrogens (tertiary/aromatic N) is 1. The molecule has 0 heterocycles. The van der Waals surface area contributed by atoms with Gasteiger partial charge in [0.1, 0.15) is 11.6 Å². The topological polar surface area (TPSA) is 81.5 Å². The normalized spacial score (nSPS) is 14.1. The van der Waals surface area contributed by atoms with Gasteiger partial charge in [0.25, 0.3) is 5.69 Å². The minimum absolute atomic E-state index is 0.134. The maximum atomic E-state index is 13.7. The van der Waals surface area contributed by atoms with E-state index in [1.807, 2.05) is 24.3 Å². The van der Waals surface area contributed by atoms with Crippen molar-refractivity contribution in [2.45, 2.75) is 44.6 Å². The average Bonchev–Trinajstić information content (AvgIpc) is 3.15. The maximum absolute atomic E-state index is 13.7. The third-order valence-electron chi connectivity index (χ3n) is 4.58. The maximum Gasteiger partial charge on any atom is 0.271 e. The van der Waals surface area contributed by atoms with Crippen LogP contribution in [0.25, 0.3) is 0 Å². The summed E-state index contributed by atoms with van der Waals surface area (Å²) in [5, 5.41) is 13.2. The van der Waals surface area contributed by atoms with E-state index in [9.17, 15) is 19.3 Å². The lowest BCUT2D eigenvalue weighted by Gasteiger charge is -2.14. The Morgan fingerprint density at radius 2 is 2.00 bits per heavy atom. The van der Waals surface area contributed by atoms with Crippen LogP contribution in [-0.2, 0) is 11.2 Å². The lowest BCUT2D eigenvalue weighted by atomic mass is 10.1. The van der Waals surface area contributed by atoms with Crippen LogP contribution in [0.5, 0.6) is 5.75 Å². The zero-order valence-electron chi connectivity index (χ0n) is 14.8. The number of carbonyl (C=O) groups is 1. The molecule has 2 aromatic carbocycles. The molecule has 142 valence electrons. The minimum atomic E-state index is -0.707. The van der Waals surface area contributed by atoms with E-state index in [2.05, 4.69) is 5.32 Å². The highest BCUT2D eigenvalue weighted by Gasteiger charge is 2.17. The lowest BCUT2D eigenvalue weighted by Crippen LogP contribution is -2.14. The molecule has 1 amide bonds. The standard InChI is InChI=1S/C20H21FN2O4/c21-18-10-9-15(23(25)26)13-19(18)22-20(24)11-8-14-4-3-7-17(12-14)27-16-5-1-2-6-16/h3-4,7,9-10,12-13,16H,1-2,5-6,8,11H2,(H,22,24). The van der Waals surface area contributed by atoms with E-state index in [4.69, 9.17) is 4.74 Å². The van der Waals surface area contributed by atoms with E-state index in [1.54, 1.807) is 0 Å². The number of nitro groups is 1. The zero-order chi connectivity index (χ0) is 19.2. The molecule has 27 heavy (non-hydrogen) atoms. The second kappa shape index (κ2) is 8.62. The van der Waals surface area contributed by atoms with Crippen LogP contribution in [0, 0.1) is 15.9 Å². The molecular formula is C20H21FN2O4. The summed E-state index contributed by atoms with van der Waals surface area (Å²) in [4.78, 5) is 22.2. The number of aryl methyl sites for hydroxylation is 1. The smallest absolute Gasteiger partial charge is 0.271 e. The number of benzene rings is 2. The highest BCUT2D eigenvalue weighted by Crippen LogP contribution is 2.25. The number of hydrogen-bond donors (Lipinski definition) is 1. The molecule has 0 unspecified atom stereocenters. The molecular weight excluding hydrogens is 351 g/mol. The fourth-order valence-corrected chi connectivity index (χ4v) is 3.17. The van der Waals surface area contributed by atoms with E-state index >= 15 is 0 Å². The first-order valence-corrected chi connectivity index (χ1v) is 9.00. The quantitative estimate of drug-likeness (QED) is 0.568. The number of amides is 1. The van der Waals surface area contributed by atoms with Gasteiger partial charge in [-0.15, -0.1) is 0 Å². The second-order valence-electron chi connectivity index (χ2n) is 6.64. The number of nitrogens with one attached hydrogen (secondary N) is 1. The number of carbonyl (C=O) groups excluding carboxylic acids is 1. The van der Waals surface area contributed by atoms with Gasteiger partial charge in [-0.1, -0.05) is 12.1 Å². The van der Waals surface area contributed by atoms with Crippen LogP contribution in [0.3, 0.4) is 0 Å². The molecule has 0 atom stereocenters. The van der Waals surface area contributed by atoms with Crippen molar-refractivity contribution in [1.29, 1.82) is 0 Å². The van der Waals surface area contributed by atoms with Crippen LogP contribution >= 0.6 is 0 Å². The second-order valence-corrected chi connectivity index (χ2v) is 6.64. The van der Waals surface area contributed by atoms with Gasteiger partial charge in [0.05, 0.1) is 16.7 Å². The average molecular weight is 372 g/mol. The van der Waals surface area contributed by atoms with E-state index in [-0.39, 0.29) is 23.9 Å². The van der Waals surface area contributed by atoms with Crippen molar-refractivity contribution in [2.24, 2.45) is 0 Å². The molecule has 7 heteroatoms. The molecule has 6 nitrogen and oxygen atoms in total. The molecule has 0 radical (unpaired) electrons. The Bertz CT molecular complexity index is 834. The first kappa shape index (κ1) is 18.8. The number of halogens is 1. The zero-order valence-corrected chi connectivity index (χ0v) is 14.8. The summed E-state index contributed by atoms with van der Waals surface area (Å²) in [7, 11) is 0. The number of non-ortho nitro benzene ring substituents is 1. The summed E-state index contributed by atoms with van der Waals surface area (Å²) in [5.41, 5.74) is 0.483. The Kier molecular flexibility index (Phi) is 6.01. The highest BCUT2D eigenvalue weighted by atomic mass is 19.1. The first-order chi connectivity index (χ1) is 13.0. The molecule has 0 aliphatic heterocycles. The third kappa shape index (κ3) is 5.26. The van der Waals surface area contributed by atoms with Crippen molar-refractivity contribution >= 4 is 17.3 Å². The predicted molar refractivity (Wildman–Crippen MR) is 99.3 cm³/mol. The fraction of sp³-hybridized carbons (Fsp3) is 0.350. The molecule has 1 saturated carbocycles. The van der Waals surface area contributed by atoms with E-state index < -0.39 is 16.6 Å². The number of rotatable bonds is 7. The predicted octanol–water partition coefficient (Wildman–Crippen LogP) is 4.63. The summed E-state index contributed by atoms with van der Waals surface area (Å²) < 4.78 is 19.7. The molecule has 3 rings (SSSR count). The van der Waals surface area contributed by atoms with Gasteiger partial charge in [-0.2, -0.15) is 0 Å². The van der Waals surface area contributed by atoms with Gasteiger partial charge in [-0.25, -0.2) is 4.39 Å². The summed E-state index contributed by atoms with van der Waals surface area (Å²) in [6.45, 7) is 0. The SMILES string of the molecule is O=C(CCc1cccc(OC2CCCC2)c1)Nc1cc([N+](=O)[O-])ccc1F. The van der Waals surface area contributed by atoms with Crippen molar-refractivity contribution in [3.8, 4) is 5.75 Å². The van der Waals surface area contributed by atoms with Crippen molar-refractivity contribution < 1.29 is 18.8 Å². The fourth-order valence-electron chi connectivity index (χ4n) is 3.17. The Labute approximate surface area is 156 Å². The number of hydrogen-bond acceptors (Lipinski definition) is 4. The van der Waals surface area contributed by atoms with Crippen LogP contribution < -0.4 is 10.1 Å². The first-order valence-electron chi connectivity index (χ1n) is 9.00. The van der Waals surface area contributed by atoms with Crippen molar-refractivity contribution in [3.05, 3.63) is 64.0 Å². The highest BCUT2D eigenvalue weighted by molar-refractivity contribution is 5.91. The summed E-state index contributed by atoms with van der Waals surface area (Å²) >= 11 is 0. The van der Waals surface area contributed by atoms with Gasteiger partial charge in [0.15, 0.2) is 0 Å². The number of nitro benzene ring substituents is 1. The van der Waals surface area contributed by atoms with Gasteiger partial charge < -0.3 is 10.1 Å². The van der Waals surface area contributed by atoms with Gasteiger partial charge in [-0.3, -0.25) is 14.9 Å². The minimum Gasteiger partial charge on any atom is -0.490 e. The Morgan fingerprint density at radius 1 is 1.22 bits per heavy atom. The Balaban J connectivity index is 1.56. The van der Waals surface area contributed by atoms with Gasteiger partial charge in [0.2, 0.25) is 5.91 Å². The monoisotopic (exact) mass is 372 g/mol. The molecule has 0 saturated heterocycles. The van der Waals surface area contributed by atoms with Crippen LogP contribution in [0.15, 0.2) is 42.5 Å². The molecule has 1 N–H and O–H groups in total. The van der Waals surface area contributed by atoms with E-state index in [1.165, 1.54) is 12.8 Å². The van der Waals surface area contributed by atoms with Crippen molar-refractivity contribution in [1.82, 2.24) is 0 Å². The molecule has 0 spiro atoms. The molecule has 0 aromatic heterocycles. The van der Waals surface area contributed by atoms with Crippen molar-refractivity contribution in [2.75, 3.05) is 5.32 Å². The van der Waals surface area contributed by atoms with Gasteiger partial charge >= 0.3 is 0 Å². The summed E-state index contributed by atoms with van der Waals surface area (Å²) in [5.74, 6) is -0.318. The molecule has 1 aliphatic rings. The van der Waals surface area contributed by atoms with Crippen molar-refractivity contribution in [3.63, 3.8) is 0 Å². The van der Waals surface area contributed by atoms with Gasteiger partial charge in [0, 0.05) is 18.6 Å². The molecule has 0 bridgehead atoms. The van der Waals surface area contributed by atoms with E-state index in [0.717, 1.165) is 42.4 Å². The van der Waals surface area contributed by atoms with Crippen LogP contribution in [-0.4, -0.2) is 16.9 Å². The third-order valence-corrected chi connectivity index (χ3v) is 4.58. The van der Waals surface area contributed by atoms with Crippen LogP contribution in [0.2, 0.25) is 0 Å². The summed E-state index contributed by atoms with van der Waals surface area (Å²) in [6, 6.07) is 10.7. The van der Waals surface area contributed by atoms with Crippen LogP contribution in [0.4, 0.5) is 15.8 Å². The number of ether oxygens (including phenoxy) is 1. The lowest BCUT2D eigenvalue weighted by molar-refractivity contribution is -0.384. The van der Waals surface area contributed by atoms with Crippen LogP contribution in [0.1, 0.15) is 37.7 Å². The van der Waals surface area contributed by atoms with E-state index in [0.29, 0.717) is 6.42 Å².